The monoisotopic (exact) mass is 630 g/mol. The molecule has 0 aliphatic carbocycles. The maximum Gasteiger partial charge on any atom is 0.334 e. The molecule has 0 radical (unpaired) electrons. The summed E-state index contributed by atoms with van der Waals surface area (Å²) in [6, 6.07) is -5.57. The van der Waals surface area contributed by atoms with Crippen LogP contribution in [0.1, 0.15) is 33.1 Å². The van der Waals surface area contributed by atoms with E-state index >= 15 is 0 Å². The number of ether oxygens (including phenoxy) is 1. The molecule has 4 aliphatic heterocycles. The smallest absolute Gasteiger partial charge is 0.334 e. The third-order valence-electron chi connectivity index (χ3n) is 7.61. The number of halogens is 1. The number of cyclic esters (lactones) is 1. The van der Waals surface area contributed by atoms with E-state index in [1.807, 2.05) is 0 Å². The molecule has 3 fully saturated rings. The highest BCUT2D eigenvalue weighted by Crippen LogP contribution is 2.23. The van der Waals surface area contributed by atoms with Crippen LogP contribution in [0.25, 0.3) is 0 Å². The van der Waals surface area contributed by atoms with Crippen molar-refractivity contribution in [3.05, 3.63) is 0 Å². The molecule has 4 aliphatic rings. The molecular weight excluding hydrogens is 596 g/mol. The van der Waals surface area contributed by atoms with Crippen molar-refractivity contribution in [2.75, 3.05) is 26.3 Å². The summed E-state index contributed by atoms with van der Waals surface area (Å²) in [6.07, 6.45) is -2.11. The first-order valence-electron chi connectivity index (χ1n) is 13.7. The van der Waals surface area contributed by atoms with Gasteiger partial charge in [-0.1, -0.05) is 0 Å². The topological polar surface area (TPSA) is 243 Å². The SMILES string of the molecule is C[C@@H]1NC(=O)[C@@H]2[C@H](O)[C@H](O)C=NN2C(=O)COC(=O)[C@](C)(CO)NC(=O)[C@@H]2CCCNN2C(=O)[C@H]2C[C@H](Cl)CNN2C1=O. The number of hydrazone groups is 1. The fourth-order valence-corrected chi connectivity index (χ4v) is 5.34. The number of carbonyl (C=O) groups is 6. The van der Waals surface area contributed by atoms with Gasteiger partial charge in [-0.2, -0.15) is 5.10 Å². The summed E-state index contributed by atoms with van der Waals surface area (Å²) in [5, 5.41) is 41.1. The first kappa shape index (κ1) is 32.5. The zero-order valence-electron chi connectivity index (χ0n) is 23.4. The molecule has 0 aromatic carbocycles. The maximum absolute atomic E-state index is 13.9. The van der Waals surface area contributed by atoms with E-state index in [0.717, 1.165) is 23.2 Å². The lowest BCUT2D eigenvalue weighted by Gasteiger charge is -2.43. The van der Waals surface area contributed by atoms with Gasteiger partial charge >= 0.3 is 5.97 Å². The number of fused-ring (bicyclic) bond motifs is 3. The Balaban J connectivity index is 1.73. The molecule has 0 aromatic heterocycles. The van der Waals surface area contributed by atoms with Crippen molar-refractivity contribution >= 4 is 53.3 Å². The van der Waals surface area contributed by atoms with Crippen LogP contribution in [0.5, 0.6) is 0 Å². The Morgan fingerprint density at radius 3 is 2.47 bits per heavy atom. The molecule has 0 unspecified atom stereocenters. The summed E-state index contributed by atoms with van der Waals surface area (Å²) < 4.78 is 5.04. The molecule has 43 heavy (non-hydrogen) atoms. The number of carbonyl (C=O) groups excluding carboxylic acids is 6. The number of hydrazine groups is 2. The molecule has 238 valence electrons. The van der Waals surface area contributed by atoms with Gasteiger partial charge in [-0.05, 0) is 33.1 Å². The van der Waals surface area contributed by atoms with Crippen molar-refractivity contribution in [1.29, 1.82) is 0 Å². The first-order chi connectivity index (χ1) is 20.3. The third-order valence-corrected chi connectivity index (χ3v) is 7.94. The number of aliphatic hydroxyl groups excluding tert-OH is 3. The van der Waals surface area contributed by atoms with Crippen molar-refractivity contribution in [3.63, 3.8) is 0 Å². The molecule has 0 aromatic rings. The Kier molecular flexibility index (Phi) is 9.87. The summed E-state index contributed by atoms with van der Waals surface area (Å²) in [7, 11) is 0. The Morgan fingerprint density at radius 1 is 1.07 bits per heavy atom. The van der Waals surface area contributed by atoms with Gasteiger partial charge in [0.1, 0.15) is 30.3 Å². The standard InChI is InChI=1S/C24H35ClN8O10/c1-11-21(40)32-14(6-12(25)7-27-32)22(41)31-13(4-3-5-26-31)19(38)30-24(2,10-34)23(42)43-9-16(36)33-17(20(39)29-11)18(37)15(35)8-28-33/h8,11-15,17-18,26-27,34-35,37H,3-7,9-10H2,1-2H3,(H,29,39)(H,30,38)/t11-,12-,13-,14+,15+,17-,18+,24-/m0/s1. The van der Waals surface area contributed by atoms with Crippen molar-refractivity contribution in [1.82, 2.24) is 36.5 Å². The largest absolute Gasteiger partial charge is 0.454 e. The Hall–Kier alpha value is -3.42. The van der Waals surface area contributed by atoms with Gasteiger partial charge in [0, 0.05) is 13.1 Å². The maximum atomic E-state index is 13.9. The molecule has 4 heterocycles. The summed E-state index contributed by atoms with van der Waals surface area (Å²) in [4.78, 5) is 80.1. The molecule has 0 saturated carbocycles. The zero-order valence-corrected chi connectivity index (χ0v) is 24.2. The molecule has 8 atom stereocenters. The van der Waals surface area contributed by atoms with Gasteiger partial charge in [0.15, 0.2) is 18.2 Å². The number of amides is 5. The minimum absolute atomic E-state index is 0.0163. The summed E-state index contributed by atoms with van der Waals surface area (Å²) in [6.45, 7) is 0.893. The third kappa shape index (κ3) is 6.58. The van der Waals surface area contributed by atoms with Gasteiger partial charge in [0.25, 0.3) is 17.7 Å². The van der Waals surface area contributed by atoms with Crippen LogP contribution in [0.4, 0.5) is 0 Å². The second-order valence-electron chi connectivity index (χ2n) is 10.9. The van der Waals surface area contributed by atoms with E-state index in [-0.39, 0.29) is 19.4 Å². The number of hydrogen-bond acceptors (Lipinski definition) is 13. The zero-order chi connectivity index (χ0) is 31.6. The van der Waals surface area contributed by atoms with Crippen LogP contribution < -0.4 is 21.5 Å². The van der Waals surface area contributed by atoms with Gasteiger partial charge in [-0.25, -0.2) is 20.7 Å². The molecule has 7 N–H and O–H groups in total. The van der Waals surface area contributed by atoms with E-state index in [1.54, 1.807) is 0 Å². The number of aliphatic hydroxyl groups is 3. The molecule has 4 rings (SSSR count). The first-order valence-corrected chi connectivity index (χ1v) is 14.1. The fraction of sp³-hybridized carbons (Fsp3) is 0.708. The van der Waals surface area contributed by atoms with E-state index in [4.69, 9.17) is 16.3 Å². The molecule has 5 amide bonds. The molecule has 0 spiro atoms. The van der Waals surface area contributed by atoms with E-state index in [9.17, 15) is 44.1 Å². The number of rotatable bonds is 1. The Morgan fingerprint density at radius 2 is 1.77 bits per heavy atom. The molecule has 18 nitrogen and oxygen atoms in total. The van der Waals surface area contributed by atoms with Crippen LogP contribution in [0.15, 0.2) is 5.10 Å². The molecule has 19 heteroatoms. The minimum Gasteiger partial charge on any atom is -0.454 e. The fourth-order valence-electron chi connectivity index (χ4n) is 5.11. The second kappa shape index (κ2) is 13.1. The average Bonchev–Trinajstić information content (AvgIpc) is 2.99. The Labute approximate surface area is 250 Å². The highest BCUT2D eigenvalue weighted by Gasteiger charge is 2.47. The van der Waals surface area contributed by atoms with Gasteiger partial charge < -0.3 is 30.7 Å². The molecular formula is C24H35ClN8O10. The van der Waals surface area contributed by atoms with Crippen molar-refractivity contribution in [3.8, 4) is 0 Å². The summed E-state index contributed by atoms with van der Waals surface area (Å²) >= 11 is 6.33. The number of esters is 1. The van der Waals surface area contributed by atoms with Gasteiger partial charge in [0.2, 0.25) is 11.8 Å². The lowest BCUT2D eigenvalue weighted by Crippen LogP contribution is -2.70. The van der Waals surface area contributed by atoms with Crippen LogP contribution >= 0.6 is 11.6 Å². The number of nitrogens with zero attached hydrogens (tertiary/aromatic N) is 4. The molecule has 0 bridgehead atoms. The average molecular weight is 631 g/mol. The quantitative estimate of drug-likeness (QED) is 0.106. The van der Waals surface area contributed by atoms with Gasteiger partial charge in [0.05, 0.1) is 18.2 Å². The van der Waals surface area contributed by atoms with Gasteiger partial charge in [-0.3, -0.25) is 34.0 Å². The second-order valence-corrected chi connectivity index (χ2v) is 11.5. The molecule has 3 saturated heterocycles. The van der Waals surface area contributed by atoms with Crippen LogP contribution in [0, 0.1) is 0 Å². The normalized spacial score (nSPS) is 36.9. The highest BCUT2D eigenvalue weighted by molar-refractivity contribution is 6.21. The van der Waals surface area contributed by atoms with Crippen LogP contribution in [0.3, 0.4) is 0 Å². The van der Waals surface area contributed by atoms with E-state index in [2.05, 4.69) is 26.6 Å². The number of alkyl halides is 1. The van der Waals surface area contributed by atoms with Crippen LogP contribution in [0.2, 0.25) is 0 Å². The van der Waals surface area contributed by atoms with Gasteiger partial charge in [-0.15, -0.1) is 11.6 Å². The van der Waals surface area contributed by atoms with Crippen LogP contribution in [-0.4, -0.2) is 146 Å². The minimum atomic E-state index is -2.06. The van der Waals surface area contributed by atoms with Crippen LogP contribution in [-0.2, 0) is 33.5 Å². The predicted molar refractivity (Wildman–Crippen MR) is 144 cm³/mol. The number of hydrogen-bond donors (Lipinski definition) is 7. The van der Waals surface area contributed by atoms with Crippen molar-refractivity contribution < 1.29 is 48.8 Å². The lowest BCUT2D eigenvalue weighted by molar-refractivity contribution is -0.166. The number of nitrogens with one attached hydrogen (secondary N) is 4. The highest BCUT2D eigenvalue weighted by atomic mass is 35.5. The lowest BCUT2D eigenvalue weighted by atomic mass is 9.99. The Bertz CT molecular complexity index is 1190. The van der Waals surface area contributed by atoms with Crippen molar-refractivity contribution in [2.24, 2.45) is 5.10 Å². The summed E-state index contributed by atoms with van der Waals surface area (Å²) in [5.74, 6) is -5.68. The predicted octanol–water partition coefficient (Wildman–Crippen LogP) is -4.96. The van der Waals surface area contributed by atoms with Crippen molar-refractivity contribution in [2.45, 2.75) is 80.4 Å². The van der Waals surface area contributed by atoms with E-state index < -0.39 is 96.0 Å². The van der Waals surface area contributed by atoms with E-state index in [0.29, 0.717) is 18.0 Å². The van der Waals surface area contributed by atoms with E-state index in [1.165, 1.54) is 6.92 Å². The summed E-state index contributed by atoms with van der Waals surface area (Å²) in [5.41, 5.74) is 3.58.